The van der Waals surface area contributed by atoms with Gasteiger partial charge >= 0.3 is 0 Å². The van der Waals surface area contributed by atoms with Crippen LogP contribution in [-0.2, 0) is 0 Å². The van der Waals surface area contributed by atoms with Crippen molar-refractivity contribution < 1.29 is 9.18 Å². The molecule has 0 saturated heterocycles. The van der Waals surface area contributed by atoms with E-state index in [1.165, 1.54) is 24.3 Å². The van der Waals surface area contributed by atoms with Crippen molar-refractivity contribution in [3.8, 4) is 0 Å². The van der Waals surface area contributed by atoms with Gasteiger partial charge in [-0.3, -0.25) is 4.79 Å². The molecule has 1 heterocycles. The van der Waals surface area contributed by atoms with Crippen molar-refractivity contribution in [3.05, 3.63) is 45.1 Å². The predicted molar refractivity (Wildman–Crippen MR) is 66.5 cm³/mol. The average Bonchev–Trinajstić information content (AvgIpc) is 2.63. The molecule has 0 unspecified atom stereocenters. The molecule has 1 amide bonds. The first-order chi connectivity index (χ1) is 8.08. The van der Waals surface area contributed by atoms with E-state index in [0.29, 0.717) is 5.69 Å². The van der Waals surface area contributed by atoms with Crippen LogP contribution in [0.25, 0.3) is 0 Å². The number of rotatable bonds is 2. The summed E-state index contributed by atoms with van der Waals surface area (Å²) in [6.45, 7) is 0. The van der Waals surface area contributed by atoms with Gasteiger partial charge in [-0.15, -0.1) is 0 Å². The Labute approximate surface area is 110 Å². The fraction of sp³-hybridized carbons (Fsp3) is 0. The largest absolute Gasteiger partial charge is 0.321 e. The van der Waals surface area contributed by atoms with Crippen molar-refractivity contribution >= 4 is 46.3 Å². The molecule has 0 aliphatic rings. The van der Waals surface area contributed by atoms with Gasteiger partial charge in [0.15, 0.2) is 5.69 Å². The summed E-state index contributed by atoms with van der Waals surface area (Å²) in [5.41, 5.74) is 0.516. The maximum atomic E-state index is 12.7. The van der Waals surface area contributed by atoms with Gasteiger partial charge in [0, 0.05) is 5.69 Å². The first kappa shape index (κ1) is 12.3. The van der Waals surface area contributed by atoms with Crippen LogP contribution in [-0.4, -0.2) is 10.3 Å². The lowest BCUT2D eigenvalue weighted by Gasteiger charge is -2.02. The van der Waals surface area contributed by atoms with Gasteiger partial charge in [0.2, 0.25) is 0 Å². The molecule has 0 atom stereocenters. The lowest BCUT2D eigenvalue weighted by molar-refractivity contribution is 0.102. The van der Waals surface area contributed by atoms with Crippen molar-refractivity contribution in [3.63, 3.8) is 0 Å². The smallest absolute Gasteiger partial charge is 0.276 e. The van der Waals surface area contributed by atoms with Crippen LogP contribution in [0.15, 0.2) is 24.3 Å². The molecular formula is C10H5Cl2FN2OS. The number of hydrogen-bond acceptors (Lipinski definition) is 3. The van der Waals surface area contributed by atoms with Gasteiger partial charge in [-0.2, -0.15) is 4.37 Å². The zero-order valence-electron chi connectivity index (χ0n) is 8.21. The molecule has 0 aliphatic heterocycles. The number of aromatic nitrogens is 1. The van der Waals surface area contributed by atoms with Crippen molar-refractivity contribution in [1.82, 2.24) is 4.37 Å². The molecule has 1 aromatic heterocycles. The molecular weight excluding hydrogens is 286 g/mol. The third-order valence-electron chi connectivity index (χ3n) is 1.91. The van der Waals surface area contributed by atoms with Crippen LogP contribution >= 0.6 is 34.7 Å². The van der Waals surface area contributed by atoms with Crippen molar-refractivity contribution in [2.75, 3.05) is 5.32 Å². The van der Waals surface area contributed by atoms with Crippen LogP contribution in [0.1, 0.15) is 10.5 Å². The lowest BCUT2D eigenvalue weighted by atomic mass is 10.3. The minimum absolute atomic E-state index is 0.0611. The van der Waals surface area contributed by atoms with Gasteiger partial charge in [0.25, 0.3) is 5.91 Å². The topological polar surface area (TPSA) is 42.0 Å². The fourth-order valence-corrected chi connectivity index (χ4v) is 2.12. The number of carbonyl (C=O) groups is 1. The molecule has 0 radical (unpaired) electrons. The standard InChI is InChI=1S/C10H5Cl2FN2OS/c11-7-8(15-17-9(7)12)10(16)14-6-3-1-5(13)2-4-6/h1-4H,(H,14,16). The maximum absolute atomic E-state index is 12.7. The van der Waals surface area contributed by atoms with Gasteiger partial charge in [-0.25, -0.2) is 4.39 Å². The molecule has 1 N–H and O–H groups in total. The third kappa shape index (κ3) is 2.74. The fourth-order valence-electron chi connectivity index (χ4n) is 1.12. The minimum Gasteiger partial charge on any atom is -0.321 e. The summed E-state index contributed by atoms with van der Waals surface area (Å²) in [5.74, 6) is -0.859. The van der Waals surface area contributed by atoms with Gasteiger partial charge in [-0.05, 0) is 35.8 Å². The number of amides is 1. The average molecular weight is 291 g/mol. The number of anilines is 1. The maximum Gasteiger partial charge on any atom is 0.276 e. The highest BCUT2D eigenvalue weighted by Gasteiger charge is 2.17. The highest BCUT2D eigenvalue weighted by molar-refractivity contribution is 7.11. The third-order valence-corrected chi connectivity index (χ3v) is 3.53. The summed E-state index contributed by atoms with van der Waals surface area (Å²) in [7, 11) is 0. The Balaban J connectivity index is 2.17. The van der Waals surface area contributed by atoms with E-state index >= 15 is 0 Å². The van der Waals surface area contributed by atoms with Gasteiger partial charge in [0.1, 0.15) is 15.2 Å². The van der Waals surface area contributed by atoms with E-state index in [0.717, 1.165) is 11.5 Å². The zero-order valence-corrected chi connectivity index (χ0v) is 10.5. The van der Waals surface area contributed by atoms with E-state index in [-0.39, 0.29) is 20.9 Å². The van der Waals surface area contributed by atoms with E-state index in [9.17, 15) is 9.18 Å². The molecule has 0 spiro atoms. The Morgan fingerprint density at radius 1 is 1.29 bits per heavy atom. The summed E-state index contributed by atoms with van der Waals surface area (Å²) in [6, 6.07) is 5.36. The second kappa shape index (κ2) is 5.00. The molecule has 7 heteroatoms. The van der Waals surface area contributed by atoms with Crippen LogP contribution in [0.2, 0.25) is 9.36 Å². The van der Waals surface area contributed by atoms with E-state index < -0.39 is 5.91 Å². The molecule has 0 fully saturated rings. The molecule has 17 heavy (non-hydrogen) atoms. The number of halogens is 3. The van der Waals surface area contributed by atoms with Crippen LogP contribution < -0.4 is 5.32 Å². The molecule has 88 valence electrons. The predicted octanol–water partition coefficient (Wildman–Crippen LogP) is 3.84. The Hall–Kier alpha value is -1.17. The zero-order chi connectivity index (χ0) is 12.4. The van der Waals surface area contributed by atoms with Gasteiger partial charge < -0.3 is 5.32 Å². The molecule has 1 aromatic carbocycles. The van der Waals surface area contributed by atoms with Gasteiger partial charge in [-0.1, -0.05) is 23.2 Å². The molecule has 0 aliphatic carbocycles. The minimum atomic E-state index is -0.482. The van der Waals surface area contributed by atoms with Crippen molar-refractivity contribution in [2.45, 2.75) is 0 Å². The van der Waals surface area contributed by atoms with Crippen LogP contribution in [0.4, 0.5) is 10.1 Å². The first-order valence-corrected chi connectivity index (χ1v) is 5.98. The Bertz CT molecular complexity index is 556. The van der Waals surface area contributed by atoms with Crippen LogP contribution in [0.5, 0.6) is 0 Å². The second-order valence-corrected chi connectivity index (χ2v) is 4.83. The first-order valence-electron chi connectivity index (χ1n) is 4.45. The summed E-state index contributed by atoms with van der Waals surface area (Å²) in [4.78, 5) is 11.7. The monoisotopic (exact) mass is 290 g/mol. The second-order valence-electron chi connectivity index (χ2n) is 3.08. The van der Waals surface area contributed by atoms with Crippen molar-refractivity contribution in [2.24, 2.45) is 0 Å². The van der Waals surface area contributed by atoms with E-state index in [4.69, 9.17) is 23.2 Å². The molecule has 0 saturated carbocycles. The highest BCUT2D eigenvalue weighted by Crippen LogP contribution is 2.29. The number of benzene rings is 1. The SMILES string of the molecule is O=C(Nc1ccc(F)cc1)c1nsc(Cl)c1Cl. The number of nitrogens with one attached hydrogen (secondary N) is 1. The summed E-state index contributed by atoms with van der Waals surface area (Å²) < 4.78 is 16.7. The number of nitrogens with zero attached hydrogens (tertiary/aromatic N) is 1. The molecule has 2 rings (SSSR count). The highest BCUT2D eigenvalue weighted by atomic mass is 35.5. The van der Waals surface area contributed by atoms with E-state index in [1.54, 1.807) is 0 Å². The molecule has 0 bridgehead atoms. The normalized spacial score (nSPS) is 10.3. The molecule has 3 nitrogen and oxygen atoms in total. The Morgan fingerprint density at radius 3 is 2.47 bits per heavy atom. The quantitative estimate of drug-likeness (QED) is 0.913. The van der Waals surface area contributed by atoms with E-state index in [1.807, 2.05) is 0 Å². The van der Waals surface area contributed by atoms with Gasteiger partial charge in [0.05, 0.1) is 0 Å². The van der Waals surface area contributed by atoms with Crippen LogP contribution in [0.3, 0.4) is 0 Å². The number of carbonyl (C=O) groups excluding carboxylic acids is 1. The number of hydrogen-bond donors (Lipinski definition) is 1. The summed E-state index contributed by atoms with van der Waals surface area (Å²) in [6.07, 6.45) is 0. The van der Waals surface area contributed by atoms with Crippen molar-refractivity contribution in [1.29, 1.82) is 0 Å². The lowest BCUT2D eigenvalue weighted by Crippen LogP contribution is -2.12. The summed E-state index contributed by atoms with van der Waals surface area (Å²) >= 11 is 12.4. The van der Waals surface area contributed by atoms with Crippen LogP contribution in [0, 0.1) is 5.82 Å². The summed E-state index contributed by atoms with van der Waals surface area (Å²) in [5, 5.41) is 2.66. The Morgan fingerprint density at radius 2 is 1.94 bits per heavy atom. The Kier molecular flexibility index (Phi) is 3.61. The van der Waals surface area contributed by atoms with E-state index in [2.05, 4.69) is 9.69 Å². The molecule has 2 aromatic rings.